The van der Waals surface area contributed by atoms with E-state index in [9.17, 15) is 9.50 Å². The molecule has 3 nitrogen and oxygen atoms in total. The van der Waals surface area contributed by atoms with Gasteiger partial charge in [0, 0.05) is 18.0 Å². The zero-order chi connectivity index (χ0) is 10.8. The van der Waals surface area contributed by atoms with Crippen molar-refractivity contribution in [2.75, 3.05) is 0 Å². The Morgan fingerprint density at radius 2 is 2.27 bits per heavy atom. The van der Waals surface area contributed by atoms with Gasteiger partial charge in [-0.1, -0.05) is 12.1 Å². The summed E-state index contributed by atoms with van der Waals surface area (Å²) in [7, 11) is 0. The first kappa shape index (κ1) is 9.86. The molecule has 0 radical (unpaired) electrons. The largest absolute Gasteiger partial charge is 0.369 e. The quantitative estimate of drug-likeness (QED) is 0.814. The summed E-state index contributed by atoms with van der Waals surface area (Å²) in [6, 6.07) is 5.90. The van der Waals surface area contributed by atoms with E-state index in [1.54, 1.807) is 36.0 Å². The average Bonchev–Trinajstić information content (AvgIpc) is 2.63. The maximum atomic E-state index is 12.9. The molecule has 2 rings (SSSR count). The van der Waals surface area contributed by atoms with Crippen molar-refractivity contribution < 1.29 is 9.50 Å². The molecule has 0 amide bonds. The van der Waals surface area contributed by atoms with Gasteiger partial charge >= 0.3 is 0 Å². The van der Waals surface area contributed by atoms with Gasteiger partial charge < -0.3 is 9.67 Å². The van der Waals surface area contributed by atoms with E-state index in [1.807, 2.05) is 0 Å². The Morgan fingerprint density at radius 3 is 2.87 bits per heavy atom. The van der Waals surface area contributed by atoms with Gasteiger partial charge in [0.1, 0.15) is 11.6 Å². The van der Waals surface area contributed by atoms with Gasteiger partial charge in [-0.3, -0.25) is 0 Å². The van der Waals surface area contributed by atoms with E-state index in [-0.39, 0.29) is 5.82 Å². The van der Waals surface area contributed by atoms with Crippen molar-refractivity contribution in [1.29, 1.82) is 0 Å². The fraction of sp³-hybridized carbons (Fsp3) is 0.182. The number of hydrogen-bond donors (Lipinski definition) is 1. The molecule has 78 valence electrons. The minimum atomic E-state index is -0.886. The number of aryl methyl sites for hydroxylation is 1. The molecule has 0 saturated heterocycles. The van der Waals surface area contributed by atoms with Gasteiger partial charge in [0.2, 0.25) is 0 Å². The highest BCUT2D eigenvalue weighted by molar-refractivity contribution is 5.19. The van der Waals surface area contributed by atoms with Crippen LogP contribution in [0.1, 0.15) is 17.6 Å². The summed E-state index contributed by atoms with van der Waals surface area (Å²) >= 11 is 0. The molecular weight excluding hydrogens is 195 g/mol. The van der Waals surface area contributed by atoms with Gasteiger partial charge in [-0.15, -0.1) is 0 Å². The number of aliphatic hydroxyl groups is 1. The van der Waals surface area contributed by atoms with Gasteiger partial charge in [0.25, 0.3) is 0 Å². The molecule has 0 aliphatic rings. The topological polar surface area (TPSA) is 38.0 Å². The van der Waals surface area contributed by atoms with Gasteiger partial charge in [-0.05, 0) is 19.1 Å². The van der Waals surface area contributed by atoms with E-state index in [4.69, 9.17) is 0 Å². The highest BCUT2D eigenvalue weighted by Crippen LogP contribution is 2.17. The van der Waals surface area contributed by atoms with Gasteiger partial charge in [0.15, 0.2) is 6.23 Å². The third-order valence-electron chi connectivity index (χ3n) is 2.27. The van der Waals surface area contributed by atoms with Crippen molar-refractivity contribution in [3.63, 3.8) is 0 Å². The summed E-state index contributed by atoms with van der Waals surface area (Å²) in [6.45, 7) is 1.78. The minimum Gasteiger partial charge on any atom is -0.369 e. The molecule has 1 atom stereocenters. The third kappa shape index (κ3) is 1.89. The summed E-state index contributed by atoms with van der Waals surface area (Å²) in [5, 5.41) is 9.94. The molecule has 0 fully saturated rings. The van der Waals surface area contributed by atoms with Gasteiger partial charge in [-0.25, -0.2) is 9.37 Å². The van der Waals surface area contributed by atoms with Crippen molar-refractivity contribution in [3.8, 4) is 0 Å². The van der Waals surface area contributed by atoms with Crippen LogP contribution in [-0.4, -0.2) is 14.7 Å². The lowest BCUT2D eigenvalue weighted by Crippen LogP contribution is -2.10. The Labute approximate surface area is 86.8 Å². The SMILES string of the molecule is Cc1nccn1C(O)c1cccc(F)c1. The Balaban J connectivity index is 2.36. The number of hydrogen-bond acceptors (Lipinski definition) is 2. The van der Waals surface area contributed by atoms with E-state index in [0.29, 0.717) is 11.4 Å². The van der Waals surface area contributed by atoms with Crippen molar-refractivity contribution >= 4 is 0 Å². The second-order valence-corrected chi connectivity index (χ2v) is 3.31. The first-order valence-electron chi connectivity index (χ1n) is 4.61. The van der Waals surface area contributed by atoms with Crippen LogP contribution in [0.4, 0.5) is 4.39 Å². The summed E-state index contributed by atoms with van der Waals surface area (Å²) in [5.41, 5.74) is 0.510. The van der Waals surface area contributed by atoms with Crippen LogP contribution in [-0.2, 0) is 0 Å². The highest BCUT2D eigenvalue weighted by atomic mass is 19.1. The number of benzene rings is 1. The van der Waals surface area contributed by atoms with Crippen LogP contribution >= 0.6 is 0 Å². The van der Waals surface area contributed by atoms with E-state index in [1.165, 1.54) is 12.1 Å². The van der Waals surface area contributed by atoms with Crippen molar-refractivity contribution in [3.05, 3.63) is 53.9 Å². The van der Waals surface area contributed by atoms with Crippen LogP contribution in [0.5, 0.6) is 0 Å². The van der Waals surface area contributed by atoms with Gasteiger partial charge in [-0.2, -0.15) is 0 Å². The maximum Gasteiger partial charge on any atom is 0.158 e. The molecule has 15 heavy (non-hydrogen) atoms. The lowest BCUT2D eigenvalue weighted by molar-refractivity contribution is 0.143. The molecule has 2 aromatic rings. The fourth-order valence-corrected chi connectivity index (χ4v) is 1.47. The number of rotatable bonds is 2. The van der Waals surface area contributed by atoms with Crippen LogP contribution in [0.3, 0.4) is 0 Å². The molecule has 1 aromatic heterocycles. The molecule has 4 heteroatoms. The van der Waals surface area contributed by atoms with Crippen LogP contribution in [0.25, 0.3) is 0 Å². The molecule has 1 aromatic carbocycles. The Hall–Kier alpha value is -1.68. The second-order valence-electron chi connectivity index (χ2n) is 3.31. The number of nitrogens with zero attached hydrogens (tertiary/aromatic N) is 2. The molecule has 0 spiro atoms. The Bertz CT molecular complexity index is 467. The fourth-order valence-electron chi connectivity index (χ4n) is 1.47. The molecule has 0 bridgehead atoms. The molecule has 0 aliphatic heterocycles. The second kappa shape index (κ2) is 3.82. The normalized spacial score (nSPS) is 12.7. The third-order valence-corrected chi connectivity index (χ3v) is 2.27. The van der Waals surface area contributed by atoms with E-state index in [0.717, 1.165) is 0 Å². The predicted molar refractivity (Wildman–Crippen MR) is 53.7 cm³/mol. The first-order chi connectivity index (χ1) is 7.18. The summed E-state index contributed by atoms with van der Waals surface area (Å²) < 4.78 is 14.5. The Kier molecular flexibility index (Phi) is 2.51. The number of aliphatic hydroxyl groups excluding tert-OH is 1. The van der Waals surface area contributed by atoms with Crippen LogP contribution in [0.2, 0.25) is 0 Å². The molecule has 1 unspecified atom stereocenters. The van der Waals surface area contributed by atoms with E-state index < -0.39 is 6.23 Å². The monoisotopic (exact) mass is 206 g/mol. The highest BCUT2D eigenvalue weighted by Gasteiger charge is 2.11. The zero-order valence-electron chi connectivity index (χ0n) is 8.26. The lowest BCUT2D eigenvalue weighted by atomic mass is 10.2. The molecule has 1 N–H and O–H groups in total. The first-order valence-corrected chi connectivity index (χ1v) is 4.61. The minimum absolute atomic E-state index is 0.357. The van der Waals surface area contributed by atoms with Gasteiger partial charge in [0.05, 0.1) is 0 Å². The summed E-state index contributed by atoms with van der Waals surface area (Å²) in [4.78, 5) is 3.99. The molecular formula is C11H11FN2O. The smallest absolute Gasteiger partial charge is 0.158 e. The molecule has 0 aliphatic carbocycles. The van der Waals surface area contributed by atoms with Crippen LogP contribution in [0.15, 0.2) is 36.7 Å². The maximum absolute atomic E-state index is 12.9. The number of halogens is 1. The standard InChI is InChI=1S/C11H11FN2O/c1-8-13-5-6-14(8)11(15)9-3-2-4-10(12)7-9/h2-7,11,15H,1H3. The van der Waals surface area contributed by atoms with Crippen molar-refractivity contribution in [2.45, 2.75) is 13.2 Å². The molecule has 0 saturated carbocycles. The van der Waals surface area contributed by atoms with E-state index >= 15 is 0 Å². The van der Waals surface area contributed by atoms with Crippen molar-refractivity contribution in [1.82, 2.24) is 9.55 Å². The summed E-state index contributed by atoms with van der Waals surface area (Å²) in [5.74, 6) is 0.330. The van der Waals surface area contributed by atoms with Crippen LogP contribution in [0, 0.1) is 12.7 Å². The average molecular weight is 206 g/mol. The Morgan fingerprint density at radius 1 is 1.47 bits per heavy atom. The van der Waals surface area contributed by atoms with E-state index in [2.05, 4.69) is 4.98 Å². The molecule has 1 heterocycles. The number of aromatic nitrogens is 2. The number of imidazole rings is 1. The zero-order valence-corrected chi connectivity index (χ0v) is 8.26. The van der Waals surface area contributed by atoms with Crippen LogP contribution < -0.4 is 0 Å². The summed E-state index contributed by atoms with van der Waals surface area (Å²) in [6.07, 6.45) is 2.37. The predicted octanol–water partition coefficient (Wildman–Crippen LogP) is 1.87. The lowest BCUT2D eigenvalue weighted by Gasteiger charge is -2.14. The van der Waals surface area contributed by atoms with Crippen molar-refractivity contribution in [2.24, 2.45) is 0 Å².